The Hall–Kier alpha value is -1.08. The van der Waals surface area contributed by atoms with E-state index in [1.807, 2.05) is 31.2 Å². The van der Waals surface area contributed by atoms with Crippen LogP contribution in [-0.4, -0.2) is 6.54 Å². The van der Waals surface area contributed by atoms with E-state index >= 15 is 0 Å². The van der Waals surface area contributed by atoms with Crippen molar-refractivity contribution in [1.82, 2.24) is 5.32 Å². The van der Waals surface area contributed by atoms with Gasteiger partial charge in [0.25, 0.3) is 0 Å². The van der Waals surface area contributed by atoms with Crippen molar-refractivity contribution in [2.45, 2.75) is 13.0 Å². The fraction of sp³-hybridized carbons (Fsp3) is 0.200. The first-order valence-corrected chi connectivity index (χ1v) is 7.24. The Kier molecular flexibility index (Phi) is 5.04. The van der Waals surface area contributed by atoms with Crippen molar-refractivity contribution < 1.29 is 13.2 Å². The van der Waals surface area contributed by atoms with Crippen LogP contribution in [0, 0.1) is 21.0 Å². The highest BCUT2D eigenvalue weighted by atomic mass is 127. The van der Waals surface area contributed by atoms with E-state index in [4.69, 9.17) is 0 Å². The van der Waals surface area contributed by atoms with E-state index in [1.165, 1.54) is 0 Å². The Morgan fingerprint density at radius 3 is 2.20 bits per heavy atom. The van der Waals surface area contributed by atoms with Crippen LogP contribution >= 0.6 is 22.6 Å². The molecule has 106 valence electrons. The van der Waals surface area contributed by atoms with Crippen molar-refractivity contribution in [2.24, 2.45) is 0 Å². The molecular formula is C15H13F3IN. The Morgan fingerprint density at radius 2 is 1.60 bits per heavy atom. The fourth-order valence-corrected chi connectivity index (χ4v) is 2.39. The van der Waals surface area contributed by atoms with E-state index in [0.717, 1.165) is 15.2 Å². The smallest absolute Gasteiger partial charge is 0.161 e. The van der Waals surface area contributed by atoms with Crippen LogP contribution in [0.15, 0.2) is 36.4 Å². The molecule has 0 fully saturated rings. The minimum absolute atomic E-state index is 0.104. The molecule has 1 atom stereocenters. The summed E-state index contributed by atoms with van der Waals surface area (Å²) < 4.78 is 41.4. The Labute approximate surface area is 129 Å². The molecule has 0 radical (unpaired) electrons. The lowest BCUT2D eigenvalue weighted by molar-refractivity contribution is 0.481. The highest BCUT2D eigenvalue weighted by Gasteiger charge is 2.19. The van der Waals surface area contributed by atoms with Gasteiger partial charge in [-0.3, -0.25) is 0 Å². The molecule has 0 aliphatic rings. The second kappa shape index (κ2) is 6.58. The quantitative estimate of drug-likeness (QED) is 0.602. The molecule has 2 aromatic carbocycles. The SMILES string of the molecule is CCNC(c1ccc(I)cc1)c1cc(F)c(F)cc1F. The van der Waals surface area contributed by atoms with Gasteiger partial charge in [0.1, 0.15) is 5.82 Å². The predicted octanol–water partition coefficient (Wildman–Crippen LogP) is 4.41. The van der Waals surface area contributed by atoms with E-state index in [-0.39, 0.29) is 5.56 Å². The number of nitrogens with one attached hydrogen (secondary N) is 1. The standard InChI is InChI=1S/C15H13F3IN/c1-2-20-15(9-3-5-10(19)6-4-9)11-7-13(17)14(18)8-12(11)16/h3-8,15,20H,2H2,1H3. The van der Waals surface area contributed by atoms with Crippen molar-refractivity contribution in [1.29, 1.82) is 0 Å². The van der Waals surface area contributed by atoms with Gasteiger partial charge in [-0.05, 0) is 52.9 Å². The van der Waals surface area contributed by atoms with Crippen LogP contribution in [0.25, 0.3) is 0 Å². The highest BCUT2D eigenvalue weighted by Crippen LogP contribution is 2.26. The van der Waals surface area contributed by atoms with E-state index in [9.17, 15) is 13.2 Å². The molecule has 20 heavy (non-hydrogen) atoms. The van der Waals surface area contributed by atoms with Crippen LogP contribution in [0.3, 0.4) is 0 Å². The molecule has 2 aromatic rings. The third-order valence-electron chi connectivity index (χ3n) is 2.96. The first-order valence-electron chi connectivity index (χ1n) is 6.16. The molecule has 0 aliphatic carbocycles. The molecule has 0 saturated carbocycles. The van der Waals surface area contributed by atoms with Gasteiger partial charge in [0, 0.05) is 15.2 Å². The van der Waals surface area contributed by atoms with E-state index in [0.29, 0.717) is 12.6 Å². The summed E-state index contributed by atoms with van der Waals surface area (Å²) in [7, 11) is 0. The zero-order valence-electron chi connectivity index (χ0n) is 10.8. The summed E-state index contributed by atoms with van der Waals surface area (Å²) in [5.74, 6) is -2.98. The molecular weight excluding hydrogens is 378 g/mol. The lowest BCUT2D eigenvalue weighted by Crippen LogP contribution is -2.23. The zero-order valence-corrected chi connectivity index (χ0v) is 12.9. The monoisotopic (exact) mass is 391 g/mol. The summed E-state index contributed by atoms with van der Waals surface area (Å²) in [4.78, 5) is 0. The van der Waals surface area contributed by atoms with Crippen LogP contribution in [0.1, 0.15) is 24.1 Å². The summed E-state index contributed by atoms with van der Waals surface area (Å²) in [5, 5.41) is 3.09. The third-order valence-corrected chi connectivity index (χ3v) is 3.68. The number of halogens is 4. The van der Waals surface area contributed by atoms with Crippen molar-refractivity contribution in [3.63, 3.8) is 0 Å². The van der Waals surface area contributed by atoms with Gasteiger partial charge in [-0.25, -0.2) is 13.2 Å². The molecule has 1 nitrogen and oxygen atoms in total. The zero-order chi connectivity index (χ0) is 14.7. The average molecular weight is 391 g/mol. The van der Waals surface area contributed by atoms with Crippen LogP contribution in [0.2, 0.25) is 0 Å². The molecule has 1 N–H and O–H groups in total. The van der Waals surface area contributed by atoms with Gasteiger partial charge in [-0.2, -0.15) is 0 Å². The summed E-state index contributed by atoms with van der Waals surface area (Å²) in [6, 6.07) is 8.45. The van der Waals surface area contributed by atoms with Crippen LogP contribution in [-0.2, 0) is 0 Å². The minimum Gasteiger partial charge on any atom is -0.306 e. The Morgan fingerprint density at radius 1 is 1.00 bits per heavy atom. The molecule has 0 heterocycles. The summed E-state index contributed by atoms with van der Waals surface area (Å²) in [5.41, 5.74) is 0.907. The Bertz CT molecular complexity index is 599. The van der Waals surface area contributed by atoms with E-state index in [2.05, 4.69) is 27.9 Å². The number of hydrogen-bond acceptors (Lipinski definition) is 1. The number of rotatable bonds is 4. The van der Waals surface area contributed by atoms with E-state index in [1.54, 1.807) is 0 Å². The van der Waals surface area contributed by atoms with Crippen molar-refractivity contribution >= 4 is 22.6 Å². The summed E-state index contributed by atoms with van der Waals surface area (Å²) in [6.45, 7) is 2.45. The van der Waals surface area contributed by atoms with Gasteiger partial charge in [0.2, 0.25) is 0 Å². The largest absolute Gasteiger partial charge is 0.306 e. The van der Waals surface area contributed by atoms with Gasteiger partial charge in [0.05, 0.1) is 6.04 Å². The molecule has 1 unspecified atom stereocenters. The van der Waals surface area contributed by atoms with Crippen molar-refractivity contribution in [3.05, 3.63) is 68.5 Å². The maximum absolute atomic E-state index is 13.9. The average Bonchev–Trinajstić information content (AvgIpc) is 2.42. The topological polar surface area (TPSA) is 12.0 Å². The van der Waals surface area contributed by atoms with Crippen LogP contribution in [0.4, 0.5) is 13.2 Å². The van der Waals surface area contributed by atoms with Gasteiger partial charge in [-0.1, -0.05) is 19.1 Å². The maximum Gasteiger partial charge on any atom is 0.161 e. The normalized spacial score (nSPS) is 12.4. The predicted molar refractivity (Wildman–Crippen MR) is 81.0 cm³/mol. The lowest BCUT2D eigenvalue weighted by atomic mass is 9.98. The highest BCUT2D eigenvalue weighted by molar-refractivity contribution is 14.1. The molecule has 0 bridgehead atoms. The molecule has 2 rings (SSSR count). The Balaban J connectivity index is 2.48. The van der Waals surface area contributed by atoms with E-state index < -0.39 is 23.5 Å². The fourth-order valence-electron chi connectivity index (χ4n) is 2.03. The minimum atomic E-state index is -1.18. The summed E-state index contributed by atoms with van der Waals surface area (Å²) in [6.07, 6.45) is 0. The molecule has 5 heteroatoms. The third kappa shape index (κ3) is 3.32. The van der Waals surface area contributed by atoms with Gasteiger partial charge < -0.3 is 5.32 Å². The molecule has 0 aromatic heterocycles. The molecule has 0 saturated heterocycles. The lowest BCUT2D eigenvalue weighted by Gasteiger charge is -2.20. The molecule has 0 amide bonds. The second-order valence-electron chi connectivity index (χ2n) is 4.33. The molecule has 0 spiro atoms. The van der Waals surface area contributed by atoms with Crippen LogP contribution < -0.4 is 5.32 Å². The van der Waals surface area contributed by atoms with Crippen molar-refractivity contribution in [2.75, 3.05) is 6.54 Å². The first-order chi connectivity index (χ1) is 9.52. The number of benzene rings is 2. The van der Waals surface area contributed by atoms with Gasteiger partial charge in [0.15, 0.2) is 11.6 Å². The van der Waals surface area contributed by atoms with Crippen molar-refractivity contribution in [3.8, 4) is 0 Å². The van der Waals surface area contributed by atoms with Gasteiger partial charge in [-0.15, -0.1) is 0 Å². The molecule has 0 aliphatic heterocycles. The first kappa shape index (κ1) is 15.3. The van der Waals surface area contributed by atoms with Crippen LogP contribution in [0.5, 0.6) is 0 Å². The second-order valence-corrected chi connectivity index (χ2v) is 5.58. The maximum atomic E-state index is 13.9. The number of hydrogen-bond donors (Lipinski definition) is 1. The van der Waals surface area contributed by atoms with Gasteiger partial charge >= 0.3 is 0 Å². The summed E-state index contributed by atoms with van der Waals surface area (Å²) >= 11 is 2.17.